The highest BCUT2D eigenvalue weighted by Gasteiger charge is 2.26. The topological polar surface area (TPSA) is 53.6 Å². The summed E-state index contributed by atoms with van der Waals surface area (Å²) in [6, 6.07) is 13.2. The van der Waals surface area contributed by atoms with Crippen LogP contribution >= 0.6 is 23.2 Å². The fourth-order valence-electron chi connectivity index (χ4n) is 5.10. The Kier molecular flexibility index (Phi) is 7.27. The summed E-state index contributed by atoms with van der Waals surface area (Å²) in [5.41, 5.74) is 3.05. The van der Waals surface area contributed by atoms with Gasteiger partial charge in [0.05, 0.1) is 10.7 Å². The van der Waals surface area contributed by atoms with Crippen molar-refractivity contribution in [1.29, 1.82) is 0 Å². The van der Waals surface area contributed by atoms with Crippen LogP contribution in [0.3, 0.4) is 0 Å². The summed E-state index contributed by atoms with van der Waals surface area (Å²) in [5, 5.41) is 12.1. The maximum Gasteiger partial charge on any atom is 0.332 e. The molecule has 1 N–H and O–H groups in total. The Labute approximate surface area is 237 Å². The molecular weight excluding hydrogens is 538 g/mol. The van der Waals surface area contributed by atoms with Gasteiger partial charge in [-0.2, -0.15) is 0 Å². The molecule has 9 heteroatoms. The van der Waals surface area contributed by atoms with E-state index in [1.807, 2.05) is 12.1 Å². The zero-order valence-electron chi connectivity index (χ0n) is 22.4. The molecule has 0 radical (unpaired) electrons. The predicted octanol–water partition coefficient (Wildman–Crippen LogP) is 6.58. The van der Waals surface area contributed by atoms with E-state index in [9.17, 15) is 14.3 Å². The number of nitrogens with zero attached hydrogens (tertiary/aromatic N) is 4. The largest absolute Gasteiger partial charge is 0.507 e. The minimum atomic E-state index is -0.502. The fourth-order valence-corrected chi connectivity index (χ4v) is 5.61. The minimum Gasteiger partial charge on any atom is -0.507 e. The number of halogens is 3. The lowest BCUT2D eigenvalue weighted by molar-refractivity contribution is 0.128. The summed E-state index contributed by atoms with van der Waals surface area (Å²) >= 11 is 13.1. The number of hydrogen-bond donors (Lipinski definition) is 1. The molecule has 0 spiro atoms. The molecule has 4 aromatic rings. The second kappa shape index (κ2) is 10.4. The smallest absolute Gasteiger partial charge is 0.332 e. The first-order chi connectivity index (χ1) is 18.4. The zero-order valence-corrected chi connectivity index (χ0v) is 23.9. The number of piperazine rings is 1. The van der Waals surface area contributed by atoms with Crippen molar-refractivity contribution in [2.75, 3.05) is 31.1 Å². The number of hydrogen-bond acceptors (Lipinski definition) is 4. The first kappa shape index (κ1) is 27.3. The summed E-state index contributed by atoms with van der Waals surface area (Å²) < 4.78 is 17.8. The van der Waals surface area contributed by atoms with Gasteiger partial charge in [-0.05, 0) is 74.4 Å². The summed E-state index contributed by atoms with van der Waals surface area (Å²) in [6.45, 7) is 10.2. The van der Waals surface area contributed by atoms with Crippen molar-refractivity contribution in [1.82, 2.24) is 14.0 Å². The van der Waals surface area contributed by atoms with Gasteiger partial charge in [0.25, 0.3) is 0 Å². The van der Waals surface area contributed by atoms with E-state index in [0.29, 0.717) is 38.0 Å². The van der Waals surface area contributed by atoms with E-state index in [1.54, 1.807) is 43.7 Å². The number of aromatic nitrogens is 2. The summed E-state index contributed by atoms with van der Waals surface area (Å²) in [6.07, 6.45) is 3.27. The molecule has 3 aromatic carbocycles. The Morgan fingerprint density at radius 2 is 1.54 bits per heavy atom. The van der Waals surface area contributed by atoms with Crippen molar-refractivity contribution in [3.8, 4) is 33.7 Å². The molecule has 0 saturated carbocycles. The average Bonchev–Trinajstić information content (AvgIpc) is 3.22. The first-order valence-corrected chi connectivity index (χ1v) is 13.6. The lowest BCUT2D eigenvalue weighted by Gasteiger charge is -2.43. The van der Waals surface area contributed by atoms with Crippen LogP contribution in [0.2, 0.25) is 10.0 Å². The van der Waals surface area contributed by atoms with E-state index >= 15 is 0 Å². The highest BCUT2D eigenvalue weighted by Crippen LogP contribution is 2.42. The molecule has 204 valence electrons. The minimum absolute atomic E-state index is 0.0807. The summed E-state index contributed by atoms with van der Waals surface area (Å²) in [7, 11) is 1.65. The van der Waals surface area contributed by atoms with Gasteiger partial charge in [0.2, 0.25) is 0 Å². The van der Waals surface area contributed by atoms with Gasteiger partial charge in [-0.15, -0.1) is 0 Å². The molecule has 0 unspecified atom stereocenters. The third kappa shape index (κ3) is 5.44. The van der Waals surface area contributed by atoms with Crippen molar-refractivity contribution < 1.29 is 9.50 Å². The number of aryl methyl sites for hydroxylation is 1. The Balaban J connectivity index is 1.50. The Morgan fingerprint density at radius 1 is 0.872 bits per heavy atom. The van der Waals surface area contributed by atoms with Crippen molar-refractivity contribution in [2.24, 2.45) is 7.05 Å². The molecule has 1 aliphatic heterocycles. The van der Waals surface area contributed by atoms with Gasteiger partial charge in [0.15, 0.2) is 0 Å². The van der Waals surface area contributed by atoms with E-state index < -0.39 is 5.82 Å². The van der Waals surface area contributed by atoms with E-state index in [1.165, 1.54) is 21.3 Å². The van der Waals surface area contributed by atoms with Crippen molar-refractivity contribution in [3.63, 3.8) is 0 Å². The molecule has 1 saturated heterocycles. The number of imidazole rings is 1. The molecule has 1 aromatic heterocycles. The molecule has 6 nitrogen and oxygen atoms in total. The number of phenolic OH excluding ortho intramolecular Hbond substituents is 1. The van der Waals surface area contributed by atoms with E-state index in [0.717, 1.165) is 31.9 Å². The lowest BCUT2D eigenvalue weighted by atomic mass is 9.96. The van der Waals surface area contributed by atoms with Gasteiger partial charge in [0, 0.05) is 73.0 Å². The molecule has 0 bridgehead atoms. The molecular formula is C30H31Cl2FN4O2. The molecule has 0 atom stereocenters. The number of rotatable bonds is 4. The molecule has 1 fully saturated rings. The second-order valence-corrected chi connectivity index (χ2v) is 11.8. The third-order valence-electron chi connectivity index (χ3n) is 7.33. The van der Waals surface area contributed by atoms with Crippen LogP contribution in [0.4, 0.5) is 10.1 Å². The van der Waals surface area contributed by atoms with Crippen molar-refractivity contribution in [3.05, 3.63) is 87.3 Å². The van der Waals surface area contributed by atoms with Gasteiger partial charge in [-0.25, -0.2) is 9.18 Å². The highest BCUT2D eigenvalue weighted by atomic mass is 35.5. The van der Waals surface area contributed by atoms with Crippen LogP contribution in [0.5, 0.6) is 5.75 Å². The number of aromatic hydroxyl groups is 1. The lowest BCUT2D eigenvalue weighted by Crippen LogP contribution is -2.53. The van der Waals surface area contributed by atoms with Crippen LogP contribution in [0, 0.1) is 5.82 Å². The first-order valence-electron chi connectivity index (χ1n) is 12.8. The van der Waals surface area contributed by atoms with Gasteiger partial charge in [0.1, 0.15) is 11.6 Å². The predicted molar refractivity (Wildman–Crippen MR) is 157 cm³/mol. The van der Waals surface area contributed by atoms with Crippen LogP contribution in [0.15, 0.2) is 65.7 Å². The number of benzene rings is 3. The highest BCUT2D eigenvalue weighted by molar-refractivity contribution is 6.32. The van der Waals surface area contributed by atoms with Crippen molar-refractivity contribution >= 4 is 28.9 Å². The maximum absolute atomic E-state index is 14.9. The summed E-state index contributed by atoms with van der Waals surface area (Å²) in [4.78, 5) is 17.1. The molecule has 0 aliphatic carbocycles. The number of phenols is 1. The van der Waals surface area contributed by atoms with E-state index in [2.05, 4.69) is 30.6 Å². The van der Waals surface area contributed by atoms with E-state index in [4.69, 9.17) is 23.2 Å². The average molecular weight is 570 g/mol. The van der Waals surface area contributed by atoms with Crippen LogP contribution in [0.1, 0.15) is 20.8 Å². The number of anilines is 1. The van der Waals surface area contributed by atoms with Gasteiger partial charge in [-0.1, -0.05) is 29.3 Å². The Morgan fingerprint density at radius 3 is 2.13 bits per heavy atom. The Bertz CT molecular complexity index is 1600. The van der Waals surface area contributed by atoms with Gasteiger partial charge < -0.3 is 14.6 Å². The molecule has 2 heterocycles. The van der Waals surface area contributed by atoms with Crippen molar-refractivity contribution in [2.45, 2.75) is 26.3 Å². The third-order valence-corrected chi connectivity index (χ3v) is 7.85. The summed E-state index contributed by atoms with van der Waals surface area (Å²) in [5.74, 6) is -0.583. The molecule has 5 rings (SSSR count). The molecule has 39 heavy (non-hydrogen) atoms. The van der Waals surface area contributed by atoms with Crippen LogP contribution < -0.4 is 10.6 Å². The van der Waals surface area contributed by atoms with Gasteiger partial charge >= 0.3 is 5.69 Å². The van der Waals surface area contributed by atoms with Gasteiger partial charge in [-0.3, -0.25) is 9.47 Å². The van der Waals surface area contributed by atoms with Crippen LogP contribution in [0.25, 0.3) is 27.9 Å². The fraction of sp³-hybridized carbons (Fsp3) is 0.300. The molecule has 0 amide bonds. The quantitative estimate of drug-likeness (QED) is 0.302. The second-order valence-electron chi connectivity index (χ2n) is 10.9. The normalized spacial score (nSPS) is 14.7. The Hall–Kier alpha value is -3.26. The maximum atomic E-state index is 14.9. The molecule has 1 aliphatic rings. The van der Waals surface area contributed by atoms with Crippen LogP contribution in [-0.4, -0.2) is 50.9 Å². The van der Waals surface area contributed by atoms with Crippen LogP contribution in [-0.2, 0) is 7.05 Å². The SMILES string of the molecule is Cn1ccn(-c2ccc(-c3cc(F)cc(-c4cc(Cl)cc(N5CCN(C(C)(C)C)CC5)c4)c3O)cc2Cl)c1=O. The monoisotopic (exact) mass is 568 g/mol. The standard InChI is InChI=1S/C30H31Cl2FN4O2/c1-30(2,3)36-10-8-35(9-11-36)23-14-20(13-21(31)16-23)25-18-22(33)17-24(28(25)38)19-5-6-27(26(32)15-19)37-12-7-34(4)29(37)39/h5-7,12-18,38H,8-11H2,1-4H3. The zero-order chi connectivity index (χ0) is 28.1. The van der Waals surface area contributed by atoms with E-state index in [-0.39, 0.29) is 17.0 Å².